The molecule has 0 saturated carbocycles. The van der Waals surface area contributed by atoms with Gasteiger partial charge >= 0.3 is 0 Å². The van der Waals surface area contributed by atoms with Gasteiger partial charge in [0.25, 0.3) is 0 Å². The lowest BCUT2D eigenvalue weighted by molar-refractivity contribution is 0.112. The van der Waals surface area contributed by atoms with Crippen LogP contribution in [0, 0.1) is 0 Å². The van der Waals surface area contributed by atoms with Gasteiger partial charge in [-0.05, 0) is 35.1 Å². The second kappa shape index (κ2) is 47.9. The Morgan fingerprint density at radius 3 is 0.714 bits per heavy atom. The van der Waals surface area contributed by atoms with Crippen LogP contribution in [0.4, 0.5) is 0 Å². The molecular weight excluding hydrogens is 593 g/mol. The van der Waals surface area contributed by atoms with Crippen LogP contribution >= 0.6 is 0 Å². The van der Waals surface area contributed by atoms with Gasteiger partial charge in [-0.3, -0.25) is 4.79 Å². The van der Waals surface area contributed by atoms with Crippen molar-refractivity contribution < 1.29 is 4.79 Å². The lowest BCUT2D eigenvalue weighted by atomic mass is 10.1. The number of carbonyl (C=O) groups is 1. The van der Waals surface area contributed by atoms with E-state index in [0.29, 0.717) is 0 Å². The maximum Gasteiger partial charge on any atom is 0.150 e. The molecule has 0 spiro atoms. The largest absolute Gasteiger partial charge is 0.298 e. The van der Waals surface area contributed by atoms with Gasteiger partial charge in [-0.2, -0.15) is 0 Å². The van der Waals surface area contributed by atoms with Crippen molar-refractivity contribution in [2.24, 2.45) is 0 Å². The fraction of sp³-hybridized carbons (Fsp3) is 0.312. The highest BCUT2D eigenvalue weighted by atomic mass is 16.1. The molecule has 0 aromatic heterocycles. The van der Waals surface area contributed by atoms with E-state index < -0.39 is 0 Å². The molecule has 0 amide bonds. The first-order chi connectivity index (χ1) is 23.7. The smallest absolute Gasteiger partial charge is 0.150 e. The zero-order valence-corrected chi connectivity index (χ0v) is 32.5. The summed E-state index contributed by atoms with van der Waals surface area (Å²) in [6.45, 7) is 24.3. The first kappa shape index (κ1) is 54.0. The third-order valence-electron chi connectivity index (χ3n) is 5.51. The molecule has 0 fully saturated rings. The lowest BCUT2D eigenvalue weighted by Crippen LogP contribution is -1.73. The molecule has 0 atom stereocenters. The number of hydrogen-bond donors (Lipinski definition) is 0. The van der Waals surface area contributed by atoms with Gasteiger partial charge in [0.2, 0.25) is 0 Å². The first-order valence-corrected chi connectivity index (χ1v) is 18.1. The van der Waals surface area contributed by atoms with Gasteiger partial charge in [-0.15, -0.1) is 0 Å². The predicted molar refractivity (Wildman–Crippen MR) is 229 cm³/mol. The topological polar surface area (TPSA) is 17.1 Å². The van der Waals surface area contributed by atoms with Gasteiger partial charge in [0, 0.05) is 5.56 Å². The van der Waals surface area contributed by atoms with Crippen LogP contribution in [0.25, 0.3) is 12.2 Å². The molecule has 0 radical (unpaired) electrons. The van der Waals surface area contributed by atoms with E-state index in [-0.39, 0.29) is 7.43 Å². The third kappa shape index (κ3) is 34.7. The number of aldehydes is 1. The summed E-state index contributed by atoms with van der Waals surface area (Å²) < 4.78 is 0. The molecule has 0 unspecified atom stereocenters. The summed E-state index contributed by atoms with van der Waals surface area (Å²) in [5.41, 5.74) is 6.01. The van der Waals surface area contributed by atoms with Crippen molar-refractivity contribution in [3.63, 3.8) is 0 Å². The van der Waals surface area contributed by atoms with E-state index in [0.717, 1.165) is 24.7 Å². The second-order valence-electron chi connectivity index (χ2n) is 8.36. The minimum atomic E-state index is 0. The standard InChI is InChI=1S/C14H12.2C8H10.C7H6O.5C2H6.CH4/c1-3-7-13(8-4-1)11-12-14-9-5-2-6-10-14;2*1-2-8-6-4-3-5-7-8;8-6-7-4-2-1-3-5-7;5*1-2;/h1-12H;2*3-7H,2H2,1H3;1-6H;5*1-2H3;1H4. The van der Waals surface area contributed by atoms with E-state index in [1.165, 1.54) is 22.3 Å². The van der Waals surface area contributed by atoms with Crippen molar-refractivity contribution in [1.82, 2.24) is 0 Å². The Bertz CT molecular complexity index is 1170. The molecule has 0 bridgehead atoms. The summed E-state index contributed by atoms with van der Waals surface area (Å²) in [6.07, 6.45) is 7.35. The summed E-state index contributed by atoms with van der Waals surface area (Å²) in [5, 5.41) is 0. The normalized spacial score (nSPS) is 8.00. The minimum absolute atomic E-state index is 0. The van der Waals surface area contributed by atoms with Crippen LogP contribution in [0.15, 0.2) is 152 Å². The van der Waals surface area contributed by atoms with Crippen molar-refractivity contribution in [3.05, 3.63) is 179 Å². The van der Waals surface area contributed by atoms with E-state index >= 15 is 0 Å². The lowest BCUT2D eigenvalue weighted by Gasteiger charge is -1.92. The van der Waals surface area contributed by atoms with Crippen LogP contribution in [0.2, 0.25) is 0 Å². The number of carbonyl (C=O) groups excluding carboxylic acids is 1. The molecule has 5 aromatic rings. The highest BCUT2D eigenvalue weighted by Gasteiger charge is 1.85. The van der Waals surface area contributed by atoms with Gasteiger partial charge in [-0.25, -0.2) is 0 Å². The van der Waals surface area contributed by atoms with E-state index in [4.69, 9.17) is 0 Å². The molecule has 0 heterocycles. The van der Waals surface area contributed by atoms with Gasteiger partial charge in [0.1, 0.15) is 6.29 Å². The van der Waals surface area contributed by atoms with E-state index in [9.17, 15) is 4.79 Å². The van der Waals surface area contributed by atoms with Gasteiger partial charge < -0.3 is 0 Å². The number of benzene rings is 5. The number of aryl methyl sites for hydroxylation is 2. The molecule has 1 heteroatoms. The summed E-state index contributed by atoms with van der Waals surface area (Å²) in [7, 11) is 0. The first-order valence-electron chi connectivity index (χ1n) is 18.1. The summed E-state index contributed by atoms with van der Waals surface area (Å²) in [5.74, 6) is 0. The predicted octanol–water partition coefficient (Wildman–Crippen LogP) is 15.6. The molecule has 270 valence electrons. The van der Waals surface area contributed by atoms with Crippen LogP contribution in [0.5, 0.6) is 0 Å². The van der Waals surface area contributed by atoms with Crippen LogP contribution in [-0.4, -0.2) is 6.29 Å². The molecular formula is C48H72O. The molecule has 0 aliphatic carbocycles. The molecule has 5 aromatic carbocycles. The Morgan fingerprint density at radius 1 is 0.347 bits per heavy atom. The molecule has 0 N–H and O–H groups in total. The molecule has 49 heavy (non-hydrogen) atoms. The van der Waals surface area contributed by atoms with E-state index in [1.54, 1.807) is 12.1 Å². The zero-order chi connectivity index (χ0) is 37.1. The Morgan fingerprint density at radius 2 is 0.551 bits per heavy atom. The Hall–Kier alpha value is -4.49. The summed E-state index contributed by atoms with van der Waals surface area (Å²) in [4.78, 5) is 10.0. The average molecular weight is 665 g/mol. The SMILES string of the molecule is C.C(=Cc1ccccc1)c1ccccc1.CC.CC.CC.CC.CC.CCc1ccccc1.CCc1ccccc1.O=Cc1ccccc1. The molecule has 0 saturated heterocycles. The minimum Gasteiger partial charge on any atom is -0.298 e. The number of rotatable bonds is 5. The van der Waals surface area contributed by atoms with Gasteiger partial charge in [0.05, 0.1) is 0 Å². The maximum atomic E-state index is 10.0. The van der Waals surface area contributed by atoms with Crippen LogP contribution in [0.3, 0.4) is 0 Å². The Kier molecular flexibility index (Phi) is 52.8. The summed E-state index contributed by atoms with van der Waals surface area (Å²) in [6, 6.07) is 50.6. The third-order valence-corrected chi connectivity index (χ3v) is 5.51. The average Bonchev–Trinajstić information content (AvgIpc) is 3.23. The monoisotopic (exact) mass is 665 g/mol. The Labute approximate surface area is 305 Å². The van der Waals surface area contributed by atoms with Crippen LogP contribution in [-0.2, 0) is 12.8 Å². The van der Waals surface area contributed by atoms with Crippen LogP contribution in [0.1, 0.15) is 123 Å². The van der Waals surface area contributed by atoms with Crippen molar-refractivity contribution >= 4 is 18.4 Å². The van der Waals surface area contributed by atoms with Gasteiger partial charge in [0.15, 0.2) is 0 Å². The summed E-state index contributed by atoms with van der Waals surface area (Å²) >= 11 is 0. The number of hydrogen-bond acceptors (Lipinski definition) is 1. The highest BCUT2D eigenvalue weighted by Crippen LogP contribution is 2.07. The molecule has 5 rings (SSSR count). The van der Waals surface area contributed by atoms with E-state index in [1.807, 2.05) is 136 Å². The van der Waals surface area contributed by atoms with Crippen molar-refractivity contribution in [3.8, 4) is 0 Å². The van der Waals surface area contributed by atoms with Crippen molar-refractivity contribution in [2.45, 2.75) is 103 Å². The molecule has 1 nitrogen and oxygen atoms in total. The fourth-order valence-electron chi connectivity index (χ4n) is 3.28. The molecule has 0 aliphatic rings. The Balaban J connectivity index is -0.000000164. The van der Waals surface area contributed by atoms with Crippen molar-refractivity contribution in [1.29, 1.82) is 0 Å². The van der Waals surface area contributed by atoms with Crippen molar-refractivity contribution in [2.75, 3.05) is 0 Å². The van der Waals surface area contributed by atoms with Crippen LogP contribution < -0.4 is 0 Å². The highest BCUT2D eigenvalue weighted by molar-refractivity contribution is 5.74. The maximum absolute atomic E-state index is 10.0. The fourth-order valence-corrected chi connectivity index (χ4v) is 3.28. The van der Waals surface area contributed by atoms with E-state index in [2.05, 4.69) is 98.8 Å². The second-order valence-corrected chi connectivity index (χ2v) is 8.36. The zero-order valence-electron chi connectivity index (χ0n) is 32.5. The molecule has 0 aliphatic heterocycles. The quantitative estimate of drug-likeness (QED) is 0.135. The van der Waals surface area contributed by atoms with Gasteiger partial charge in [-0.1, -0.05) is 254 Å².